The Morgan fingerprint density at radius 3 is 3.00 bits per heavy atom. The fraction of sp³-hybridized carbons (Fsp3) is 0.500. The Balaban J connectivity index is 1.91. The van der Waals surface area contributed by atoms with Crippen LogP contribution in [0.5, 0.6) is 0 Å². The van der Waals surface area contributed by atoms with Crippen molar-refractivity contribution in [3.05, 3.63) is 45.3 Å². The maximum Gasteiger partial charge on any atom is 0.330 e. The average molecular weight is 250 g/mol. The Morgan fingerprint density at radius 1 is 1.50 bits per heavy atom. The molecule has 0 bridgehead atoms. The number of hydrogen-bond acceptors (Lipinski definition) is 4. The molecule has 1 fully saturated rings. The highest BCUT2D eigenvalue weighted by molar-refractivity contribution is 5.16. The zero-order chi connectivity index (χ0) is 12.8. The van der Waals surface area contributed by atoms with Gasteiger partial charge in [0.05, 0.1) is 6.10 Å². The molecule has 6 nitrogen and oxygen atoms in total. The van der Waals surface area contributed by atoms with Gasteiger partial charge in [0.2, 0.25) is 0 Å². The summed E-state index contributed by atoms with van der Waals surface area (Å²) in [5.41, 5.74) is -1.62. The Morgan fingerprint density at radius 2 is 2.33 bits per heavy atom. The third-order valence-corrected chi connectivity index (χ3v) is 3.62. The molecule has 1 saturated carbocycles. The number of ether oxygens (including phenoxy) is 1. The SMILES string of the molecule is O=c1ccn([C@H]2C=C[C@]3(CCC[C@H]3O)O2)c(=O)[nH]1. The second-order valence-electron chi connectivity index (χ2n) is 4.75. The predicted molar refractivity (Wildman–Crippen MR) is 63.2 cm³/mol. The van der Waals surface area contributed by atoms with E-state index in [2.05, 4.69) is 4.98 Å². The Labute approximate surface area is 103 Å². The molecule has 2 heterocycles. The number of aliphatic hydroxyl groups excluding tert-OH is 1. The predicted octanol–water partition coefficient (Wildman–Crippen LogP) is -0.0948. The molecule has 96 valence electrons. The minimum atomic E-state index is -0.666. The van der Waals surface area contributed by atoms with Crippen LogP contribution in [0.2, 0.25) is 0 Å². The number of aromatic nitrogens is 2. The van der Waals surface area contributed by atoms with Gasteiger partial charge in [0.25, 0.3) is 5.56 Å². The standard InChI is InChI=1S/C12H14N2O4/c15-8-2-1-5-12(8)6-3-10(18-12)14-7-4-9(16)13-11(14)17/h3-4,6-8,10,15H,1-2,5H2,(H,13,16,17)/t8-,10-,12+/m1/s1. The first-order valence-electron chi connectivity index (χ1n) is 5.97. The highest BCUT2D eigenvalue weighted by atomic mass is 16.5. The van der Waals surface area contributed by atoms with Crippen molar-refractivity contribution in [1.82, 2.24) is 9.55 Å². The van der Waals surface area contributed by atoms with E-state index in [0.29, 0.717) is 6.42 Å². The molecule has 0 amide bonds. The summed E-state index contributed by atoms with van der Waals surface area (Å²) >= 11 is 0. The normalized spacial score (nSPS) is 34.5. The summed E-state index contributed by atoms with van der Waals surface area (Å²) in [5, 5.41) is 9.94. The van der Waals surface area contributed by atoms with Gasteiger partial charge >= 0.3 is 5.69 Å². The number of aromatic amines is 1. The van der Waals surface area contributed by atoms with Crippen LogP contribution in [0.3, 0.4) is 0 Å². The Bertz CT molecular complexity index is 603. The van der Waals surface area contributed by atoms with Crippen LogP contribution in [0.15, 0.2) is 34.0 Å². The fourth-order valence-corrected chi connectivity index (χ4v) is 2.64. The zero-order valence-electron chi connectivity index (χ0n) is 9.70. The van der Waals surface area contributed by atoms with E-state index in [4.69, 9.17) is 4.74 Å². The van der Waals surface area contributed by atoms with Crippen molar-refractivity contribution in [2.45, 2.75) is 37.2 Å². The van der Waals surface area contributed by atoms with Gasteiger partial charge in [0, 0.05) is 12.3 Å². The van der Waals surface area contributed by atoms with Crippen molar-refractivity contribution in [1.29, 1.82) is 0 Å². The number of H-pyrrole nitrogens is 1. The van der Waals surface area contributed by atoms with Gasteiger partial charge in [-0.3, -0.25) is 14.3 Å². The van der Waals surface area contributed by atoms with Crippen LogP contribution in [0.25, 0.3) is 0 Å². The van der Waals surface area contributed by atoms with E-state index in [1.165, 1.54) is 16.8 Å². The number of nitrogens with one attached hydrogen (secondary N) is 1. The molecule has 1 aromatic heterocycles. The number of hydrogen-bond donors (Lipinski definition) is 2. The molecule has 1 aliphatic carbocycles. The van der Waals surface area contributed by atoms with Crippen molar-refractivity contribution in [2.75, 3.05) is 0 Å². The van der Waals surface area contributed by atoms with Gasteiger partial charge in [-0.2, -0.15) is 0 Å². The van der Waals surface area contributed by atoms with Gasteiger partial charge in [0.1, 0.15) is 5.60 Å². The molecule has 18 heavy (non-hydrogen) atoms. The maximum absolute atomic E-state index is 11.6. The highest BCUT2D eigenvalue weighted by Crippen LogP contribution is 2.41. The van der Waals surface area contributed by atoms with Gasteiger partial charge in [0.15, 0.2) is 6.23 Å². The minimum Gasteiger partial charge on any atom is -0.390 e. The van der Waals surface area contributed by atoms with Gasteiger partial charge in [-0.25, -0.2) is 4.79 Å². The topological polar surface area (TPSA) is 84.3 Å². The third-order valence-electron chi connectivity index (χ3n) is 3.62. The molecule has 2 aliphatic rings. The van der Waals surface area contributed by atoms with E-state index >= 15 is 0 Å². The smallest absolute Gasteiger partial charge is 0.330 e. The molecule has 2 N–H and O–H groups in total. The molecule has 6 heteroatoms. The second kappa shape index (κ2) is 3.93. The van der Waals surface area contributed by atoms with Crippen LogP contribution >= 0.6 is 0 Å². The minimum absolute atomic E-state index is 0.436. The lowest BCUT2D eigenvalue weighted by atomic mass is 10.0. The maximum atomic E-state index is 11.6. The summed E-state index contributed by atoms with van der Waals surface area (Å²) in [6.07, 6.45) is 6.23. The Hall–Kier alpha value is -1.66. The van der Waals surface area contributed by atoms with Crippen LogP contribution in [-0.2, 0) is 4.74 Å². The third kappa shape index (κ3) is 1.65. The summed E-state index contributed by atoms with van der Waals surface area (Å²) < 4.78 is 7.11. The molecule has 0 unspecified atom stereocenters. The summed E-state index contributed by atoms with van der Waals surface area (Å²) in [7, 11) is 0. The van der Waals surface area contributed by atoms with E-state index in [1.54, 1.807) is 6.08 Å². The molecule has 0 saturated heterocycles. The number of aliphatic hydroxyl groups is 1. The molecular formula is C12H14N2O4. The molecule has 0 radical (unpaired) electrons. The van der Waals surface area contributed by atoms with Crippen LogP contribution in [0.4, 0.5) is 0 Å². The monoisotopic (exact) mass is 250 g/mol. The van der Waals surface area contributed by atoms with E-state index in [9.17, 15) is 14.7 Å². The molecule has 3 rings (SSSR count). The summed E-state index contributed by atoms with van der Waals surface area (Å²) in [4.78, 5) is 24.8. The highest BCUT2D eigenvalue weighted by Gasteiger charge is 2.46. The van der Waals surface area contributed by atoms with Crippen molar-refractivity contribution in [3.8, 4) is 0 Å². The lowest BCUT2D eigenvalue weighted by molar-refractivity contribution is -0.106. The largest absolute Gasteiger partial charge is 0.390 e. The summed E-state index contributed by atoms with van der Waals surface area (Å²) in [6.45, 7) is 0. The van der Waals surface area contributed by atoms with Gasteiger partial charge < -0.3 is 9.84 Å². The van der Waals surface area contributed by atoms with Gasteiger partial charge in [-0.1, -0.05) is 0 Å². The number of nitrogens with zero attached hydrogens (tertiary/aromatic N) is 1. The van der Waals surface area contributed by atoms with Crippen LogP contribution < -0.4 is 11.2 Å². The molecule has 1 aromatic rings. The van der Waals surface area contributed by atoms with Gasteiger partial charge in [-0.15, -0.1) is 0 Å². The van der Waals surface area contributed by atoms with E-state index in [0.717, 1.165) is 12.8 Å². The molecule has 1 spiro atoms. The second-order valence-corrected chi connectivity index (χ2v) is 4.75. The first-order valence-corrected chi connectivity index (χ1v) is 5.97. The Kier molecular flexibility index (Phi) is 2.49. The first kappa shape index (κ1) is 11.4. The molecule has 0 aromatic carbocycles. The van der Waals surface area contributed by atoms with E-state index in [1.807, 2.05) is 6.08 Å². The van der Waals surface area contributed by atoms with Crippen LogP contribution in [0.1, 0.15) is 25.5 Å². The molecular weight excluding hydrogens is 236 g/mol. The van der Waals surface area contributed by atoms with Crippen molar-refractivity contribution in [3.63, 3.8) is 0 Å². The van der Waals surface area contributed by atoms with E-state index < -0.39 is 29.2 Å². The van der Waals surface area contributed by atoms with Crippen molar-refractivity contribution >= 4 is 0 Å². The van der Waals surface area contributed by atoms with Gasteiger partial charge in [-0.05, 0) is 31.4 Å². The number of rotatable bonds is 1. The fourth-order valence-electron chi connectivity index (χ4n) is 2.64. The molecule has 1 aliphatic heterocycles. The first-order chi connectivity index (χ1) is 8.61. The van der Waals surface area contributed by atoms with E-state index in [-0.39, 0.29) is 0 Å². The average Bonchev–Trinajstić information content (AvgIpc) is 2.89. The summed E-state index contributed by atoms with van der Waals surface area (Å²) in [5.74, 6) is 0. The van der Waals surface area contributed by atoms with Crippen molar-refractivity contribution in [2.24, 2.45) is 0 Å². The lowest BCUT2D eigenvalue weighted by Gasteiger charge is -2.27. The van der Waals surface area contributed by atoms with Crippen molar-refractivity contribution < 1.29 is 9.84 Å². The quantitative estimate of drug-likeness (QED) is 0.682. The van der Waals surface area contributed by atoms with Crippen LogP contribution in [-0.4, -0.2) is 26.4 Å². The van der Waals surface area contributed by atoms with Crippen LogP contribution in [0, 0.1) is 0 Å². The molecule has 3 atom stereocenters. The summed E-state index contributed by atoms with van der Waals surface area (Å²) in [6, 6.07) is 1.27. The zero-order valence-corrected chi connectivity index (χ0v) is 9.70. The lowest BCUT2D eigenvalue weighted by Crippen LogP contribution is -2.39.